The number of Topliss-reactive ketones (excluding diaryl/α,β-unsaturated/α-hetero) is 1. The number of pyridine rings is 1. The van der Waals surface area contributed by atoms with Gasteiger partial charge < -0.3 is 15.0 Å². The quantitative estimate of drug-likeness (QED) is 0.588. The van der Waals surface area contributed by atoms with E-state index in [1.54, 1.807) is 11.8 Å². The molecule has 1 aromatic heterocycles. The molecule has 1 N–H and O–H groups in total. The Kier molecular flexibility index (Phi) is 4.44. The zero-order valence-electron chi connectivity index (χ0n) is 17.6. The molecular formula is C23H22FN3O4. The van der Waals surface area contributed by atoms with Crippen molar-refractivity contribution in [1.29, 1.82) is 0 Å². The van der Waals surface area contributed by atoms with Crippen molar-refractivity contribution in [2.45, 2.75) is 45.8 Å². The Balaban J connectivity index is 1.61. The maximum atomic E-state index is 14.5. The monoisotopic (exact) mass is 423 g/mol. The summed E-state index contributed by atoms with van der Waals surface area (Å²) >= 11 is 0. The van der Waals surface area contributed by atoms with Crippen LogP contribution < -0.4 is 5.32 Å². The molecule has 2 aliphatic heterocycles. The van der Waals surface area contributed by atoms with E-state index in [9.17, 15) is 18.8 Å². The van der Waals surface area contributed by atoms with Crippen molar-refractivity contribution in [1.82, 2.24) is 15.2 Å². The number of benzene rings is 1. The average Bonchev–Trinajstić information content (AvgIpc) is 3.19. The fraction of sp³-hybridized carbons (Fsp3) is 0.391. The third kappa shape index (κ3) is 2.81. The highest BCUT2D eigenvalue weighted by molar-refractivity contribution is 6.42. The summed E-state index contributed by atoms with van der Waals surface area (Å²) in [6.45, 7) is 3.67. The van der Waals surface area contributed by atoms with Crippen molar-refractivity contribution in [2.24, 2.45) is 0 Å². The van der Waals surface area contributed by atoms with Crippen molar-refractivity contribution < 1.29 is 23.5 Å². The number of nitrogens with zero attached hydrogens (tertiary/aromatic N) is 2. The Bertz CT molecular complexity index is 1230. The van der Waals surface area contributed by atoms with Gasteiger partial charge in [-0.15, -0.1) is 0 Å². The summed E-state index contributed by atoms with van der Waals surface area (Å²) in [7, 11) is 1.90. The summed E-state index contributed by atoms with van der Waals surface area (Å²) < 4.78 is 19.4. The molecule has 0 fully saturated rings. The second kappa shape index (κ2) is 6.95. The molecule has 1 aliphatic carbocycles. The second-order valence-electron chi connectivity index (χ2n) is 8.36. The lowest BCUT2D eigenvalue weighted by molar-refractivity contribution is -0.153. The van der Waals surface area contributed by atoms with Crippen LogP contribution in [0.15, 0.2) is 17.2 Å². The van der Waals surface area contributed by atoms with E-state index in [2.05, 4.69) is 5.32 Å². The van der Waals surface area contributed by atoms with Crippen LogP contribution in [0.5, 0.6) is 0 Å². The van der Waals surface area contributed by atoms with Gasteiger partial charge in [-0.25, -0.2) is 9.18 Å². The van der Waals surface area contributed by atoms with Crippen molar-refractivity contribution in [2.75, 3.05) is 13.7 Å². The van der Waals surface area contributed by atoms with Gasteiger partial charge in [-0.2, -0.15) is 0 Å². The van der Waals surface area contributed by atoms with Gasteiger partial charge in [0.1, 0.15) is 12.4 Å². The van der Waals surface area contributed by atoms with Gasteiger partial charge in [-0.3, -0.25) is 14.6 Å². The number of hydrogen-bond acceptors (Lipinski definition) is 6. The number of aryl methyl sites for hydroxylation is 1. The third-order valence-corrected chi connectivity index (χ3v) is 6.77. The molecule has 1 aromatic carbocycles. The molecule has 160 valence electrons. The molecule has 1 amide bonds. The molecule has 2 aromatic rings. The van der Waals surface area contributed by atoms with Crippen LogP contribution in [0.1, 0.15) is 47.3 Å². The van der Waals surface area contributed by atoms with Crippen LogP contribution >= 0.6 is 0 Å². The zero-order valence-corrected chi connectivity index (χ0v) is 17.6. The van der Waals surface area contributed by atoms with E-state index in [0.717, 1.165) is 40.6 Å². The number of ether oxygens (including phenoxy) is 1. The predicted molar refractivity (Wildman–Crippen MR) is 109 cm³/mol. The molecule has 0 radical (unpaired) electrons. The minimum absolute atomic E-state index is 0.0878. The van der Waals surface area contributed by atoms with Gasteiger partial charge in [0.15, 0.2) is 0 Å². The van der Waals surface area contributed by atoms with E-state index in [0.29, 0.717) is 17.6 Å². The number of esters is 1. The lowest BCUT2D eigenvalue weighted by Crippen LogP contribution is -2.35. The largest absolute Gasteiger partial charge is 0.455 e. The van der Waals surface area contributed by atoms with Crippen LogP contribution in [0, 0.1) is 12.7 Å². The number of fused-ring (bicyclic) bond motifs is 2. The third-order valence-electron chi connectivity index (χ3n) is 6.77. The van der Waals surface area contributed by atoms with Crippen molar-refractivity contribution in [3.63, 3.8) is 0 Å². The van der Waals surface area contributed by atoms with Gasteiger partial charge >= 0.3 is 5.97 Å². The highest BCUT2D eigenvalue weighted by Crippen LogP contribution is 2.42. The number of amides is 1. The summed E-state index contributed by atoms with van der Waals surface area (Å²) in [5, 5.41) is 4.34. The maximum absolute atomic E-state index is 14.5. The molecule has 7 nitrogen and oxygen atoms in total. The normalized spacial score (nSPS) is 20.4. The molecule has 8 heteroatoms. The van der Waals surface area contributed by atoms with Crippen LogP contribution in [-0.2, 0) is 38.6 Å². The van der Waals surface area contributed by atoms with Gasteiger partial charge in [-0.1, -0.05) is 0 Å². The van der Waals surface area contributed by atoms with E-state index in [4.69, 9.17) is 9.72 Å². The van der Waals surface area contributed by atoms with E-state index < -0.39 is 11.8 Å². The van der Waals surface area contributed by atoms with E-state index >= 15 is 0 Å². The molecule has 1 atom stereocenters. The number of nitrogens with one attached hydrogen (secondary N) is 1. The smallest absolute Gasteiger partial charge is 0.379 e. The van der Waals surface area contributed by atoms with Gasteiger partial charge in [-0.05, 0) is 50.4 Å². The number of aromatic nitrogens is 1. The molecule has 0 saturated carbocycles. The van der Waals surface area contributed by atoms with Gasteiger partial charge in [0.2, 0.25) is 0 Å². The highest BCUT2D eigenvalue weighted by atomic mass is 19.1. The molecule has 1 unspecified atom stereocenters. The number of rotatable bonds is 2. The predicted octanol–water partition coefficient (Wildman–Crippen LogP) is 2.17. The summed E-state index contributed by atoms with van der Waals surface area (Å²) in [5.41, 5.74) is 5.37. The zero-order chi connectivity index (χ0) is 22.0. The summed E-state index contributed by atoms with van der Waals surface area (Å²) in [6.07, 6.45) is 1.60. The number of cyclic esters (lactones) is 1. The van der Waals surface area contributed by atoms with E-state index in [-0.39, 0.29) is 42.1 Å². The molecule has 31 heavy (non-hydrogen) atoms. The number of carbonyl (C=O) groups excluding carboxylic acids is 3. The summed E-state index contributed by atoms with van der Waals surface area (Å²) in [6, 6.07) is 1.57. The Morgan fingerprint density at radius 1 is 1.26 bits per heavy atom. The highest BCUT2D eigenvalue weighted by Gasteiger charge is 2.37. The van der Waals surface area contributed by atoms with Crippen molar-refractivity contribution in [3.8, 4) is 0 Å². The molecular weight excluding hydrogens is 401 g/mol. The second-order valence-corrected chi connectivity index (χ2v) is 8.36. The molecule has 3 aliphatic rings. The van der Waals surface area contributed by atoms with Gasteiger partial charge in [0.25, 0.3) is 11.7 Å². The topological polar surface area (TPSA) is 88.6 Å². The Morgan fingerprint density at radius 3 is 2.77 bits per heavy atom. The van der Waals surface area contributed by atoms with Crippen LogP contribution in [0.4, 0.5) is 4.39 Å². The molecule has 0 spiro atoms. The number of carbonyl (C=O) groups is 3. The minimum Gasteiger partial charge on any atom is -0.455 e. The lowest BCUT2D eigenvalue weighted by atomic mass is 9.82. The van der Waals surface area contributed by atoms with Crippen LogP contribution in [0.3, 0.4) is 0 Å². The fourth-order valence-corrected chi connectivity index (χ4v) is 5.01. The Morgan fingerprint density at radius 2 is 2.03 bits per heavy atom. The molecule has 0 bridgehead atoms. The standard InChI is InChI=1S/C23H22FN3O4/c1-10-12-4-5-16(25-3)20-13-7-27(8-18(13)26-17(19(12)20)6-15(10)24)22(29)14-9-31-23(30)21(28)11(14)2/h6,16,25H,4-5,7-9H2,1-3H3. The summed E-state index contributed by atoms with van der Waals surface area (Å²) in [5.74, 6) is -2.32. The first-order valence-electron chi connectivity index (χ1n) is 10.3. The average molecular weight is 423 g/mol. The maximum Gasteiger partial charge on any atom is 0.379 e. The first-order chi connectivity index (χ1) is 14.8. The fourth-order valence-electron chi connectivity index (χ4n) is 5.01. The lowest BCUT2D eigenvalue weighted by Gasteiger charge is -2.29. The van der Waals surface area contributed by atoms with Crippen LogP contribution in [-0.4, -0.2) is 41.2 Å². The number of ketones is 1. The molecule has 0 saturated heterocycles. The number of hydrogen-bond donors (Lipinski definition) is 1. The van der Waals surface area contributed by atoms with Crippen molar-refractivity contribution >= 4 is 28.6 Å². The number of halogens is 1. The Hall–Kier alpha value is -3.13. The van der Waals surface area contributed by atoms with Crippen molar-refractivity contribution in [3.05, 3.63) is 51.0 Å². The van der Waals surface area contributed by atoms with Crippen LogP contribution in [0.2, 0.25) is 0 Å². The first-order valence-corrected chi connectivity index (χ1v) is 10.3. The minimum atomic E-state index is -0.933. The van der Waals surface area contributed by atoms with Crippen LogP contribution in [0.25, 0.3) is 10.9 Å². The van der Waals surface area contributed by atoms with E-state index in [1.165, 1.54) is 13.0 Å². The first kappa shape index (κ1) is 19.8. The van der Waals surface area contributed by atoms with Gasteiger partial charge in [0.05, 0.1) is 23.3 Å². The van der Waals surface area contributed by atoms with E-state index in [1.807, 2.05) is 7.05 Å². The Labute approximate surface area is 178 Å². The SMILES string of the molecule is CNC1CCc2c(C)c(F)cc3nc4c(c1c23)CN(C(=O)C1=C(C)C(=O)C(=O)OC1)C4. The summed E-state index contributed by atoms with van der Waals surface area (Å²) in [4.78, 5) is 43.0. The molecule has 3 heterocycles. The van der Waals surface area contributed by atoms with Gasteiger partial charge in [0, 0.05) is 35.2 Å². The molecule has 5 rings (SSSR count).